The molecule has 0 aliphatic heterocycles. The van der Waals surface area contributed by atoms with E-state index in [1.807, 2.05) is 18.2 Å². The Morgan fingerprint density at radius 2 is 1.37 bits per heavy atom. The molecule has 0 saturated carbocycles. The Labute approximate surface area is 252 Å². The smallest absolute Gasteiger partial charge is 0.137 e. The van der Waals surface area contributed by atoms with Crippen LogP contribution < -0.4 is 0 Å². The van der Waals surface area contributed by atoms with E-state index in [9.17, 15) is 0 Å². The molecule has 208 valence electrons. The molecule has 0 radical (unpaired) electrons. The van der Waals surface area contributed by atoms with E-state index in [4.69, 9.17) is 4.42 Å². The molecule has 43 heavy (non-hydrogen) atoms. The summed E-state index contributed by atoms with van der Waals surface area (Å²) in [6, 6.07) is 43.1. The van der Waals surface area contributed by atoms with Crippen molar-refractivity contribution in [1.29, 1.82) is 0 Å². The number of hydrogen-bond acceptors (Lipinski definition) is 1. The predicted octanol–water partition coefficient (Wildman–Crippen LogP) is 11.7. The number of benzene rings is 5. The Hall–Kier alpha value is -5.34. The van der Waals surface area contributed by atoms with Gasteiger partial charge in [-0.05, 0) is 60.7 Å². The Morgan fingerprint density at radius 1 is 0.698 bits per heavy atom. The number of furan rings is 1. The molecule has 0 aliphatic rings. The second kappa shape index (κ2) is 11.5. The summed E-state index contributed by atoms with van der Waals surface area (Å²) < 4.78 is 8.95. The number of para-hydroxylation sites is 2. The lowest BCUT2D eigenvalue weighted by Crippen LogP contribution is -2.05. The van der Waals surface area contributed by atoms with Gasteiger partial charge < -0.3 is 8.98 Å². The van der Waals surface area contributed by atoms with Crippen LogP contribution in [0.15, 0.2) is 157 Å². The van der Waals surface area contributed by atoms with Gasteiger partial charge in [-0.1, -0.05) is 128 Å². The third kappa shape index (κ3) is 4.62. The number of aromatic nitrogens is 1. The minimum absolute atomic E-state index is 0.865. The van der Waals surface area contributed by atoms with Crippen molar-refractivity contribution in [3.63, 3.8) is 0 Å². The predicted molar refractivity (Wildman–Crippen MR) is 185 cm³/mol. The minimum Gasteiger partial charge on any atom is -0.456 e. The number of nitrogens with zero attached hydrogens (tertiary/aromatic N) is 1. The molecule has 0 fully saturated rings. The molecule has 2 heteroatoms. The molecule has 0 saturated heterocycles. The molecule has 0 bridgehead atoms. The molecule has 0 atom stereocenters. The first-order chi connectivity index (χ1) is 21.3. The van der Waals surface area contributed by atoms with E-state index in [1.54, 1.807) is 0 Å². The largest absolute Gasteiger partial charge is 0.456 e. The fraction of sp³-hybridized carbons (Fsp3) is 0.0732. The third-order valence-electron chi connectivity index (χ3n) is 8.27. The highest BCUT2D eigenvalue weighted by molar-refractivity contribution is 6.27. The van der Waals surface area contributed by atoms with Crippen LogP contribution in [0.3, 0.4) is 0 Å². The van der Waals surface area contributed by atoms with Crippen LogP contribution >= 0.6 is 0 Å². The van der Waals surface area contributed by atoms with Crippen LogP contribution in [-0.4, -0.2) is 4.57 Å². The van der Waals surface area contributed by atoms with Gasteiger partial charge in [0.05, 0.1) is 22.1 Å². The molecular weight excluding hydrogens is 522 g/mol. The molecular formula is C41H33NO. The summed E-state index contributed by atoms with van der Waals surface area (Å²) >= 11 is 0. The van der Waals surface area contributed by atoms with Crippen molar-refractivity contribution < 1.29 is 4.42 Å². The summed E-state index contributed by atoms with van der Waals surface area (Å²) in [4.78, 5) is 0. The summed E-state index contributed by atoms with van der Waals surface area (Å²) in [5.41, 5.74) is 10.2. The van der Waals surface area contributed by atoms with Crippen LogP contribution in [0.1, 0.15) is 30.9 Å². The maximum Gasteiger partial charge on any atom is 0.137 e. The number of hydrogen-bond donors (Lipinski definition) is 0. The molecule has 7 aromatic rings. The summed E-state index contributed by atoms with van der Waals surface area (Å²) in [6.07, 6.45) is 10.1. The first-order valence-corrected chi connectivity index (χ1v) is 14.9. The summed E-state index contributed by atoms with van der Waals surface area (Å²) in [6.45, 7) is 6.04. The maximum absolute atomic E-state index is 6.44. The maximum atomic E-state index is 6.44. The lowest BCUT2D eigenvalue weighted by molar-refractivity contribution is 0.669. The van der Waals surface area contributed by atoms with Gasteiger partial charge in [0.25, 0.3) is 0 Å². The van der Waals surface area contributed by atoms with Gasteiger partial charge in [-0.15, -0.1) is 0 Å². The van der Waals surface area contributed by atoms with Crippen molar-refractivity contribution in [3.05, 3.63) is 163 Å². The monoisotopic (exact) mass is 555 g/mol. The molecule has 5 aromatic carbocycles. The Bertz CT molecular complexity index is 2190. The number of rotatable bonds is 8. The molecule has 2 nitrogen and oxygen atoms in total. The van der Waals surface area contributed by atoms with Gasteiger partial charge in [0, 0.05) is 21.7 Å². The van der Waals surface area contributed by atoms with Crippen LogP contribution in [0, 0.1) is 0 Å². The normalized spacial score (nSPS) is 13.0. The molecule has 2 aromatic heterocycles. The van der Waals surface area contributed by atoms with Gasteiger partial charge in [-0.2, -0.15) is 0 Å². The van der Waals surface area contributed by atoms with Crippen LogP contribution in [-0.2, 0) is 0 Å². The Balaban J connectivity index is 1.70. The zero-order valence-electron chi connectivity index (χ0n) is 24.3. The fourth-order valence-corrected chi connectivity index (χ4v) is 6.43. The molecule has 7 rings (SSSR count). The van der Waals surface area contributed by atoms with Crippen molar-refractivity contribution >= 4 is 60.6 Å². The van der Waals surface area contributed by atoms with Gasteiger partial charge in [-0.25, -0.2) is 0 Å². The van der Waals surface area contributed by atoms with E-state index >= 15 is 0 Å². The topological polar surface area (TPSA) is 18.1 Å². The van der Waals surface area contributed by atoms with Crippen LogP contribution in [0.5, 0.6) is 0 Å². The minimum atomic E-state index is 0.865. The van der Waals surface area contributed by atoms with Crippen LogP contribution in [0.4, 0.5) is 0 Å². The first-order valence-electron chi connectivity index (χ1n) is 14.9. The average molecular weight is 556 g/mol. The lowest BCUT2D eigenvalue weighted by atomic mass is 9.91. The van der Waals surface area contributed by atoms with Crippen molar-refractivity contribution in [1.82, 2.24) is 4.57 Å². The van der Waals surface area contributed by atoms with Crippen molar-refractivity contribution in [2.45, 2.75) is 19.8 Å². The van der Waals surface area contributed by atoms with Gasteiger partial charge in [-0.3, -0.25) is 0 Å². The molecule has 2 heterocycles. The van der Waals surface area contributed by atoms with E-state index in [-0.39, 0.29) is 0 Å². The number of fused-ring (bicyclic) bond motifs is 7. The van der Waals surface area contributed by atoms with Crippen LogP contribution in [0.2, 0.25) is 0 Å². The van der Waals surface area contributed by atoms with Crippen molar-refractivity contribution in [2.75, 3.05) is 0 Å². The van der Waals surface area contributed by atoms with E-state index in [1.165, 1.54) is 49.8 Å². The zero-order valence-corrected chi connectivity index (χ0v) is 24.3. The third-order valence-corrected chi connectivity index (χ3v) is 8.27. The molecule has 0 aliphatic carbocycles. The van der Waals surface area contributed by atoms with Crippen LogP contribution in [0.25, 0.3) is 60.6 Å². The average Bonchev–Trinajstić information content (AvgIpc) is 3.60. The fourth-order valence-electron chi connectivity index (χ4n) is 6.43. The van der Waals surface area contributed by atoms with Gasteiger partial charge in [0.2, 0.25) is 0 Å². The highest BCUT2D eigenvalue weighted by Crippen LogP contribution is 2.45. The Morgan fingerprint density at radius 3 is 2.12 bits per heavy atom. The molecule has 0 spiro atoms. The highest BCUT2D eigenvalue weighted by Gasteiger charge is 2.24. The Kier molecular flexibility index (Phi) is 7.10. The quantitative estimate of drug-likeness (QED) is 0.171. The van der Waals surface area contributed by atoms with Gasteiger partial charge in [0.1, 0.15) is 11.2 Å². The van der Waals surface area contributed by atoms with Gasteiger partial charge >= 0.3 is 0 Å². The lowest BCUT2D eigenvalue weighted by Gasteiger charge is -2.22. The van der Waals surface area contributed by atoms with Gasteiger partial charge in [0.15, 0.2) is 0 Å². The molecule has 0 N–H and O–H groups in total. The van der Waals surface area contributed by atoms with E-state index in [0.29, 0.717) is 0 Å². The summed E-state index contributed by atoms with van der Waals surface area (Å²) in [7, 11) is 0. The SMILES string of the molecule is C=C/C=C\CC/C(=C(\C(=C/C)c1ccccc1)n1c2ccccc2c2ccc3oc4ccccc4c3c21)c1ccccc1. The molecule has 0 unspecified atom stereocenters. The second-order valence-corrected chi connectivity index (χ2v) is 10.7. The summed E-state index contributed by atoms with van der Waals surface area (Å²) in [5, 5.41) is 4.71. The van der Waals surface area contributed by atoms with E-state index in [2.05, 4.69) is 145 Å². The first kappa shape index (κ1) is 26.6. The van der Waals surface area contributed by atoms with E-state index < -0.39 is 0 Å². The van der Waals surface area contributed by atoms with E-state index in [0.717, 1.165) is 34.8 Å². The highest BCUT2D eigenvalue weighted by atomic mass is 16.3. The molecule has 0 amide bonds. The summed E-state index contributed by atoms with van der Waals surface area (Å²) in [5.74, 6) is 0. The second-order valence-electron chi connectivity index (χ2n) is 10.7. The van der Waals surface area contributed by atoms with Crippen molar-refractivity contribution in [3.8, 4) is 0 Å². The number of allylic oxidation sites excluding steroid dienone is 7. The van der Waals surface area contributed by atoms with Crippen molar-refractivity contribution in [2.24, 2.45) is 0 Å². The standard InChI is InChI=1S/C41H33NO/c1-3-5-6-13-22-32(30-20-11-8-12-21-30)40(31(4-2)29-18-9-7-10-19-29)42-36-25-16-14-23-33(36)34-27-28-38-39(41(34)42)35-24-15-17-26-37(35)43-38/h3-12,14-21,23-28H,1,13,22H2,2H3/b6-5-,31-4-,40-32-. The zero-order chi connectivity index (χ0) is 29.2.